The average molecular weight is 278 g/mol. The lowest BCUT2D eigenvalue weighted by Crippen LogP contribution is -1.86. The van der Waals surface area contributed by atoms with Crippen LogP contribution < -0.4 is 0 Å². The molecule has 5 heteroatoms. The van der Waals surface area contributed by atoms with Gasteiger partial charge in [0.15, 0.2) is 0 Å². The van der Waals surface area contributed by atoms with E-state index in [1.807, 2.05) is 31.2 Å². The maximum Gasteiger partial charge on any atom is 0.141 e. The smallest absolute Gasteiger partial charge is 0.141 e. The highest BCUT2D eigenvalue weighted by Crippen LogP contribution is 2.33. The Hall–Kier alpha value is -2.58. The molecule has 3 aromatic rings. The van der Waals surface area contributed by atoms with Crippen molar-refractivity contribution < 1.29 is 0 Å². The highest BCUT2D eigenvalue weighted by molar-refractivity contribution is 7.18. The molecular formula is C15H10N4S. The summed E-state index contributed by atoms with van der Waals surface area (Å²) in [5, 5.41) is 9.84. The third-order valence-electron chi connectivity index (χ3n) is 2.80. The van der Waals surface area contributed by atoms with Crippen molar-refractivity contribution in [2.45, 2.75) is 6.92 Å². The topological polar surface area (TPSA) is 62.5 Å². The Morgan fingerprint density at radius 2 is 2.05 bits per heavy atom. The Labute approximate surface area is 120 Å². The van der Waals surface area contributed by atoms with Gasteiger partial charge >= 0.3 is 0 Å². The van der Waals surface area contributed by atoms with Gasteiger partial charge in [-0.3, -0.25) is 4.98 Å². The van der Waals surface area contributed by atoms with Crippen LogP contribution in [0.5, 0.6) is 0 Å². The van der Waals surface area contributed by atoms with E-state index in [0.717, 1.165) is 26.8 Å². The number of hydrogen-bond donors (Lipinski definition) is 0. The van der Waals surface area contributed by atoms with Gasteiger partial charge in [0, 0.05) is 18.0 Å². The molecule has 96 valence electrons. The molecule has 3 heterocycles. The van der Waals surface area contributed by atoms with E-state index in [2.05, 4.69) is 21.0 Å². The van der Waals surface area contributed by atoms with E-state index in [1.54, 1.807) is 29.8 Å². The summed E-state index contributed by atoms with van der Waals surface area (Å²) in [5.74, 6) is 0. The molecule has 0 aliphatic carbocycles. The second kappa shape index (κ2) is 5.19. The fourth-order valence-electron chi connectivity index (χ4n) is 1.87. The Morgan fingerprint density at radius 3 is 2.80 bits per heavy atom. The normalized spacial score (nSPS) is 10.2. The fourth-order valence-corrected chi connectivity index (χ4v) is 2.90. The molecule has 4 nitrogen and oxygen atoms in total. The lowest BCUT2D eigenvalue weighted by molar-refractivity contribution is 1.23. The lowest BCUT2D eigenvalue weighted by Gasteiger charge is -1.97. The summed E-state index contributed by atoms with van der Waals surface area (Å²) in [6.07, 6.45) is 3.53. The van der Waals surface area contributed by atoms with Crippen LogP contribution in [0.15, 0.2) is 42.7 Å². The van der Waals surface area contributed by atoms with E-state index < -0.39 is 0 Å². The predicted octanol–water partition coefficient (Wildman–Crippen LogP) is 3.45. The third-order valence-corrected chi connectivity index (χ3v) is 4.03. The zero-order valence-electron chi connectivity index (χ0n) is 10.7. The van der Waals surface area contributed by atoms with E-state index in [9.17, 15) is 0 Å². The van der Waals surface area contributed by atoms with Gasteiger partial charge in [0.1, 0.15) is 16.8 Å². The molecule has 0 bridgehead atoms. The molecule has 3 aromatic heterocycles. The van der Waals surface area contributed by atoms with Crippen LogP contribution >= 0.6 is 11.3 Å². The first-order valence-electron chi connectivity index (χ1n) is 6.03. The third kappa shape index (κ3) is 2.29. The number of nitrogens with zero attached hydrogens (tertiary/aromatic N) is 4. The van der Waals surface area contributed by atoms with E-state index in [0.29, 0.717) is 5.69 Å². The predicted molar refractivity (Wildman–Crippen MR) is 78.0 cm³/mol. The average Bonchev–Trinajstić information content (AvgIpc) is 2.90. The quantitative estimate of drug-likeness (QED) is 0.720. The first kappa shape index (κ1) is 12.5. The Balaban J connectivity index is 2.08. The lowest BCUT2D eigenvalue weighted by atomic mass is 10.2. The summed E-state index contributed by atoms with van der Waals surface area (Å²) in [4.78, 5) is 14.0. The highest BCUT2D eigenvalue weighted by Gasteiger charge is 2.12. The molecule has 0 N–H and O–H groups in total. The van der Waals surface area contributed by atoms with Gasteiger partial charge in [0.2, 0.25) is 0 Å². The van der Waals surface area contributed by atoms with Crippen LogP contribution in [0.2, 0.25) is 0 Å². The van der Waals surface area contributed by atoms with Crippen LogP contribution in [-0.2, 0) is 0 Å². The van der Waals surface area contributed by atoms with Crippen molar-refractivity contribution >= 4 is 11.3 Å². The van der Waals surface area contributed by atoms with Crippen LogP contribution in [0, 0.1) is 18.3 Å². The molecule has 0 radical (unpaired) electrons. The second-order valence-corrected chi connectivity index (χ2v) is 5.19. The maximum atomic E-state index is 8.93. The molecule has 0 amide bonds. The zero-order valence-corrected chi connectivity index (χ0v) is 11.6. The molecule has 0 spiro atoms. The van der Waals surface area contributed by atoms with E-state index in [4.69, 9.17) is 5.26 Å². The minimum atomic E-state index is 0.415. The Kier molecular flexibility index (Phi) is 3.23. The molecule has 0 aliphatic rings. The first-order valence-corrected chi connectivity index (χ1v) is 6.85. The van der Waals surface area contributed by atoms with Crippen molar-refractivity contribution in [2.24, 2.45) is 0 Å². The van der Waals surface area contributed by atoms with Gasteiger partial charge in [-0.2, -0.15) is 5.26 Å². The number of thiazole rings is 1. The minimum Gasteiger partial charge on any atom is -0.264 e. The molecule has 0 atom stereocenters. The van der Waals surface area contributed by atoms with E-state index in [1.165, 1.54) is 0 Å². The van der Waals surface area contributed by atoms with Gasteiger partial charge in [0.25, 0.3) is 0 Å². The van der Waals surface area contributed by atoms with Crippen LogP contribution in [0.25, 0.3) is 21.1 Å². The summed E-state index contributed by atoms with van der Waals surface area (Å²) in [6, 6.07) is 11.4. The SMILES string of the molecule is Cc1nc(-c2cccnc2)sc1-c1cccc(C#N)n1. The molecule has 0 unspecified atom stereocenters. The number of aryl methyl sites for hydroxylation is 1. The number of rotatable bonds is 2. The van der Waals surface area contributed by atoms with Crippen molar-refractivity contribution in [1.82, 2.24) is 15.0 Å². The van der Waals surface area contributed by atoms with Crippen molar-refractivity contribution in [1.29, 1.82) is 5.26 Å². The largest absolute Gasteiger partial charge is 0.264 e. The number of pyridine rings is 2. The fraction of sp³-hybridized carbons (Fsp3) is 0.0667. The van der Waals surface area contributed by atoms with Crippen molar-refractivity contribution in [3.63, 3.8) is 0 Å². The van der Waals surface area contributed by atoms with Crippen molar-refractivity contribution in [3.05, 3.63) is 54.1 Å². The van der Waals surface area contributed by atoms with Crippen LogP contribution in [0.4, 0.5) is 0 Å². The molecule has 0 saturated heterocycles. The van der Waals surface area contributed by atoms with Gasteiger partial charge in [-0.25, -0.2) is 9.97 Å². The minimum absolute atomic E-state index is 0.415. The van der Waals surface area contributed by atoms with Crippen LogP contribution in [-0.4, -0.2) is 15.0 Å². The van der Waals surface area contributed by atoms with E-state index in [-0.39, 0.29) is 0 Å². The van der Waals surface area contributed by atoms with Crippen molar-refractivity contribution in [3.8, 4) is 27.2 Å². The van der Waals surface area contributed by atoms with Gasteiger partial charge in [-0.1, -0.05) is 6.07 Å². The maximum absolute atomic E-state index is 8.93. The second-order valence-electron chi connectivity index (χ2n) is 4.20. The number of nitriles is 1. The van der Waals surface area contributed by atoms with Gasteiger partial charge in [-0.05, 0) is 31.2 Å². The van der Waals surface area contributed by atoms with Crippen LogP contribution in [0.1, 0.15) is 11.4 Å². The van der Waals surface area contributed by atoms with Crippen molar-refractivity contribution in [2.75, 3.05) is 0 Å². The molecule has 0 aliphatic heterocycles. The molecule has 0 aromatic carbocycles. The number of aromatic nitrogens is 3. The molecule has 3 rings (SSSR count). The summed E-state index contributed by atoms with van der Waals surface area (Å²) in [7, 11) is 0. The molecular weight excluding hydrogens is 268 g/mol. The Morgan fingerprint density at radius 1 is 1.15 bits per heavy atom. The Bertz CT molecular complexity index is 787. The highest BCUT2D eigenvalue weighted by atomic mass is 32.1. The van der Waals surface area contributed by atoms with Crippen LogP contribution in [0.3, 0.4) is 0 Å². The van der Waals surface area contributed by atoms with E-state index >= 15 is 0 Å². The van der Waals surface area contributed by atoms with Gasteiger partial charge in [-0.15, -0.1) is 11.3 Å². The zero-order chi connectivity index (χ0) is 13.9. The standard InChI is InChI=1S/C15H10N4S/c1-10-14(13-6-2-5-12(8-16)19-13)20-15(18-10)11-4-3-7-17-9-11/h2-7,9H,1H3. The summed E-state index contributed by atoms with van der Waals surface area (Å²) in [5.41, 5.74) is 3.10. The molecule has 0 saturated carbocycles. The first-order chi connectivity index (χ1) is 9.78. The summed E-state index contributed by atoms with van der Waals surface area (Å²) >= 11 is 1.56. The molecule has 20 heavy (non-hydrogen) atoms. The van der Waals surface area contributed by atoms with Gasteiger partial charge in [0.05, 0.1) is 16.3 Å². The monoisotopic (exact) mass is 278 g/mol. The molecule has 0 fully saturated rings. The number of hydrogen-bond acceptors (Lipinski definition) is 5. The summed E-state index contributed by atoms with van der Waals surface area (Å²) in [6.45, 7) is 1.95. The summed E-state index contributed by atoms with van der Waals surface area (Å²) < 4.78 is 0. The van der Waals surface area contributed by atoms with Gasteiger partial charge < -0.3 is 0 Å².